The van der Waals surface area contributed by atoms with E-state index in [1.807, 2.05) is 12.1 Å². The number of likely N-dealkylation sites (tertiary alicyclic amines) is 1. The van der Waals surface area contributed by atoms with Crippen molar-refractivity contribution >= 4 is 11.5 Å². The molecule has 0 unspecified atom stereocenters. The Morgan fingerprint density at radius 1 is 1.14 bits per heavy atom. The quantitative estimate of drug-likeness (QED) is 0.511. The fourth-order valence-electron chi connectivity index (χ4n) is 3.83. The molecule has 2 aromatic carbocycles. The number of anilines is 1. The molecule has 150 valence electrons. The van der Waals surface area contributed by atoms with Crippen molar-refractivity contribution in [2.45, 2.75) is 39.0 Å². The van der Waals surface area contributed by atoms with Gasteiger partial charge in [-0.2, -0.15) is 0 Å². The van der Waals surface area contributed by atoms with E-state index in [1.165, 1.54) is 24.8 Å². The van der Waals surface area contributed by atoms with Crippen LogP contribution < -0.4 is 10.5 Å². The number of hydrogen-bond acceptors (Lipinski definition) is 4. The molecule has 4 heteroatoms. The minimum Gasteiger partial charge on any atom is -0.491 e. The Hall–Kier alpha value is -2.33. The Bertz CT molecular complexity index is 752. The number of benzene rings is 2. The van der Waals surface area contributed by atoms with Crippen LogP contribution in [0.1, 0.15) is 48.5 Å². The molecule has 0 atom stereocenters. The fourth-order valence-corrected chi connectivity index (χ4v) is 3.83. The van der Waals surface area contributed by atoms with E-state index < -0.39 is 0 Å². The molecule has 28 heavy (non-hydrogen) atoms. The Balaban J connectivity index is 1.42. The summed E-state index contributed by atoms with van der Waals surface area (Å²) in [6.07, 6.45) is 5.05. The SMILES string of the molecule is CCCOc1ccc(C(=O)CCN2CCC(Cc3ccccc3)CC2)cc1N. The van der Waals surface area contributed by atoms with Crippen LogP contribution in [-0.2, 0) is 6.42 Å². The maximum absolute atomic E-state index is 12.5. The molecule has 1 fully saturated rings. The van der Waals surface area contributed by atoms with Crippen LogP contribution in [0.4, 0.5) is 5.69 Å². The maximum atomic E-state index is 12.5. The zero-order valence-electron chi connectivity index (χ0n) is 16.9. The maximum Gasteiger partial charge on any atom is 0.164 e. The first-order chi connectivity index (χ1) is 13.7. The van der Waals surface area contributed by atoms with Crippen molar-refractivity contribution in [1.29, 1.82) is 0 Å². The van der Waals surface area contributed by atoms with Crippen molar-refractivity contribution in [2.24, 2.45) is 5.92 Å². The Kier molecular flexibility index (Phi) is 7.49. The molecule has 1 saturated heterocycles. The van der Waals surface area contributed by atoms with E-state index in [2.05, 4.69) is 42.2 Å². The molecule has 0 amide bonds. The smallest absolute Gasteiger partial charge is 0.164 e. The first-order valence-electron chi connectivity index (χ1n) is 10.5. The molecule has 4 nitrogen and oxygen atoms in total. The Morgan fingerprint density at radius 3 is 2.57 bits per heavy atom. The highest BCUT2D eigenvalue weighted by molar-refractivity contribution is 5.97. The summed E-state index contributed by atoms with van der Waals surface area (Å²) in [6, 6.07) is 16.1. The Morgan fingerprint density at radius 2 is 1.89 bits per heavy atom. The van der Waals surface area contributed by atoms with E-state index in [1.54, 1.807) is 6.07 Å². The van der Waals surface area contributed by atoms with Gasteiger partial charge in [0.25, 0.3) is 0 Å². The van der Waals surface area contributed by atoms with Gasteiger partial charge in [-0.15, -0.1) is 0 Å². The molecule has 0 radical (unpaired) electrons. The summed E-state index contributed by atoms with van der Waals surface area (Å²) in [6.45, 7) is 5.68. The van der Waals surface area contributed by atoms with Crippen LogP contribution in [0.15, 0.2) is 48.5 Å². The first kappa shape index (κ1) is 20.4. The number of nitrogen functional groups attached to an aromatic ring is 1. The number of ketones is 1. The van der Waals surface area contributed by atoms with E-state index >= 15 is 0 Å². The van der Waals surface area contributed by atoms with Gasteiger partial charge in [0.1, 0.15) is 5.75 Å². The van der Waals surface area contributed by atoms with Crippen LogP contribution in [-0.4, -0.2) is 36.9 Å². The summed E-state index contributed by atoms with van der Waals surface area (Å²) in [5, 5.41) is 0. The molecule has 0 bridgehead atoms. The lowest BCUT2D eigenvalue weighted by Gasteiger charge is -2.31. The lowest BCUT2D eigenvalue weighted by Crippen LogP contribution is -2.35. The summed E-state index contributed by atoms with van der Waals surface area (Å²) in [4.78, 5) is 15.0. The van der Waals surface area contributed by atoms with Gasteiger partial charge in [0.15, 0.2) is 5.78 Å². The number of carbonyl (C=O) groups is 1. The number of nitrogens with two attached hydrogens (primary N) is 1. The zero-order chi connectivity index (χ0) is 19.8. The van der Waals surface area contributed by atoms with Crippen molar-refractivity contribution in [3.63, 3.8) is 0 Å². The normalized spacial score (nSPS) is 15.5. The predicted octanol–water partition coefficient (Wildman–Crippen LogP) is 4.59. The Labute approximate surface area is 168 Å². The van der Waals surface area contributed by atoms with Crippen LogP contribution in [0.25, 0.3) is 0 Å². The van der Waals surface area contributed by atoms with Gasteiger partial charge in [-0.1, -0.05) is 37.3 Å². The number of hydrogen-bond donors (Lipinski definition) is 1. The number of carbonyl (C=O) groups excluding carboxylic acids is 1. The zero-order valence-corrected chi connectivity index (χ0v) is 16.9. The number of nitrogens with zero attached hydrogens (tertiary/aromatic N) is 1. The molecule has 0 spiro atoms. The molecule has 2 aromatic rings. The standard InChI is InChI=1S/C24H32N2O2/c1-2-16-28-24-9-8-21(18-22(24)25)23(27)12-15-26-13-10-20(11-14-26)17-19-6-4-3-5-7-19/h3-9,18,20H,2,10-17,25H2,1H3. The molecule has 1 aliphatic rings. The second-order valence-corrected chi connectivity index (χ2v) is 7.75. The lowest BCUT2D eigenvalue weighted by atomic mass is 9.90. The average molecular weight is 381 g/mol. The van der Waals surface area contributed by atoms with E-state index in [-0.39, 0.29) is 5.78 Å². The number of ether oxygens (including phenoxy) is 1. The van der Waals surface area contributed by atoms with Gasteiger partial charge in [0.2, 0.25) is 0 Å². The van der Waals surface area contributed by atoms with Gasteiger partial charge in [0.05, 0.1) is 12.3 Å². The largest absolute Gasteiger partial charge is 0.491 e. The van der Waals surface area contributed by atoms with E-state index in [0.29, 0.717) is 30.0 Å². The molecule has 2 N–H and O–H groups in total. The van der Waals surface area contributed by atoms with Crippen LogP contribution in [0, 0.1) is 5.92 Å². The minimum absolute atomic E-state index is 0.153. The van der Waals surface area contributed by atoms with Gasteiger partial charge < -0.3 is 15.4 Å². The minimum atomic E-state index is 0.153. The third-order valence-corrected chi connectivity index (χ3v) is 5.52. The third kappa shape index (κ3) is 5.83. The number of rotatable bonds is 9. The van der Waals surface area contributed by atoms with Crippen LogP contribution in [0.5, 0.6) is 5.75 Å². The van der Waals surface area contributed by atoms with E-state index in [0.717, 1.165) is 32.0 Å². The molecule has 0 saturated carbocycles. The van der Waals surface area contributed by atoms with Crippen molar-refractivity contribution in [2.75, 3.05) is 32.0 Å². The second kappa shape index (κ2) is 10.3. The molecule has 0 aliphatic carbocycles. The molecular formula is C24H32N2O2. The monoisotopic (exact) mass is 380 g/mol. The van der Waals surface area contributed by atoms with Gasteiger partial charge in [-0.05, 0) is 68.5 Å². The number of piperidine rings is 1. The summed E-state index contributed by atoms with van der Waals surface area (Å²) >= 11 is 0. The van der Waals surface area contributed by atoms with Crippen LogP contribution in [0.3, 0.4) is 0 Å². The summed E-state index contributed by atoms with van der Waals surface area (Å²) in [7, 11) is 0. The predicted molar refractivity (Wildman–Crippen MR) is 115 cm³/mol. The van der Waals surface area contributed by atoms with E-state index in [9.17, 15) is 4.79 Å². The third-order valence-electron chi connectivity index (χ3n) is 5.52. The highest BCUT2D eigenvalue weighted by Gasteiger charge is 2.20. The molecular weight excluding hydrogens is 348 g/mol. The van der Waals surface area contributed by atoms with Crippen molar-refractivity contribution in [1.82, 2.24) is 4.90 Å². The van der Waals surface area contributed by atoms with Crippen molar-refractivity contribution < 1.29 is 9.53 Å². The van der Waals surface area contributed by atoms with Gasteiger partial charge >= 0.3 is 0 Å². The highest BCUT2D eigenvalue weighted by Crippen LogP contribution is 2.24. The van der Waals surface area contributed by atoms with Crippen molar-refractivity contribution in [3.05, 3.63) is 59.7 Å². The van der Waals surface area contributed by atoms with Gasteiger partial charge in [-0.3, -0.25) is 4.79 Å². The second-order valence-electron chi connectivity index (χ2n) is 7.75. The molecule has 3 rings (SSSR count). The summed E-state index contributed by atoms with van der Waals surface area (Å²) in [5.41, 5.74) is 8.68. The molecule has 1 heterocycles. The summed E-state index contributed by atoms with van der Waals surface area (Å²) < 4.78 is 5.58. The van der Waals surface area contributed by atoms with Gasteiger partial charge in [0, 0.05) is 18.5 Å². The molecule has 1 aliphatic heterocycles. The average Bonchev–Trinajstić information content (AvgIpc) is 2.73. The van der Waals surface area contributed by atoms with Gasteiger partial charge in [-0.25, -0.2) is 0 Å². The summed E-state index contributed by atoms with van der Waals surface area (Å²) in [5.74, 6) is 1.57. The topological polar surface area (TPSA) is 55.6 Å². The lowest BCUT2D eigenvalue weighted by molar-refractivity contribution is 0.0951. The van der Waals surface area contributed by atoms with Crippen molar-refractivity contribution in [3.8, 4) is 5.75 Å². The first-order valence-corrected chi connectivity index (χ1v) is 10.5. The highest BCUT2D eigenvalue weighted by atomic mass is 16.5. The fraction of sp³-hybridized carbons (Fsp3) is 0.458. The van der Waals surface area contributed by atoms with Crippen LogP contribution >= 0.6 is 0 Å². The van der Waals surface area contributed by atoms with Crippen LogP contribution in [0.2, 0.25) is 0 Å². The van der Waals surface area contributed by atoms with E-state index in [4.69, 9.17) is 10.5 Å². The molecule has 0 aromatic heterocycles. The number of Topliss-reactive ketones (excluding diaryl/α,β-unsaturated/α-hetero) is 1.